The van der Waals surface area contributed by atoms with Gasteiger partial charge in [0.15, 0.2) is 0 Å². The van der Waals surface area contributed by atoms with Crippen molar-refractivity contribution in [1.82, 2.24) is 19.2 Å². The van der Waals surface area contributed by atoms with Crippen LogP contribution in [0.3, 0.4) is 0 Å². The van der Waals surface area contributed by atoms with E-state index in [9.17, 15) is 17.9 Å². The first-order valence-corrected chi connectivity index (χ1v) is 13.0. The molecule has 2 N–H and O–H groups in total. The van der Waals surface area contributed by atoms with E-state index in [0.29, 0.717) is 17.7 Å². The van der Waals surface area contributed by atoms with Gasteiger partial charge in [-0.2, -0.15) is 4.31 Å². The molecule has 1 aromatic rings. The van der Waals surface area contributed by atoms with Gasteiger partial charge >= 0.3 is 0 Å². The lowest BCUT2D eigenvalue weighted by Gasteiger charge is -2.34. The molecule has 12 heteroatoms. The lowest BCUT2D eigenvalue weighted by atomic mass is 9.94. The van der Waals surface area contributed by atoms with E-state index >= 15 is 0 Å². The highest BCUT2D eigenvalue weighted by molar-refractivity contribution is 7.88. The molecule has 0 radical (unpaired) electrons. The normalized spacial score (nSPS) is 28.4. The largest absolute Gasteiger partial charge is 0.390 e. The molecule has 0 amide bonds. The third-order valence-corrected chi connectivity index (χ3v) is 7.72. The van der Waals surface area contributed by atoms with Crippen molar-refractivity contribution in [1.29, 1.82) is 0 Å². The number of β-amino-alcohol motifs (C(OH)–C–C–N with tert-alkyl or cyclic N) is 1. The van der Waals surface area contributed by atoms with Gasteiger partial charge in [0.2, 0.25) is 16.0 Å². The summed E-state index contributed by atoms with van der Waals surface area (Å²) in [6, 6.07) is -1.14. The number of rotatable bonds is 5. The Labute approximate surface area is 198 Å². The van der Waals surface area contributed by atoms with E-state index in [4.69, 9.17) is 11.6 Å². The van der Waals surface area contributed by atoms with Crippen LogP contribution in [0.15, 0.2) is 29.2 Å². The van der Waals surface area contributed by atoms with Crippen LogP contribution in [0.5, 0.6) is 0 Å². The first-order valence-electron chi connectivity index (χ1n) is 10.8. The van der Waals surface area contributed by atoms with Crippen LogP contribution in [-0.2, 0) is 10.0 Å². The van der Waals surface area contributed by atoms with E-state index in [1.54, 1.807) is 0 Å². The second-order valence-electron chi connectivity index (χ2n) is 8.88. The molecule has 0 spiro atoms. The molecule has 1 fully saturated rings. The number of aliphatic hydroxyl groups excluding tert-OH is 1. The molecule has 180 valence electrons. The number of hydrogen-bond donors (Lipinski definition) is 2. The van der Waals surface area contributed by atoms with E-state index in [1.807, 2.05) is 26.8 Å². The quantitative estimate of drug-likeness (QED) is 0.639. The van der Waals surface area contributed by atoms with Gasteiger partial charge in [-0.3, -0.25) is 4.99 Å². The molecule has 1 aromatic heterocycles. The highest BCUT2D eigenvalue weighted by Crippen LogP contribution is 2.36. The Hall–Kier alpha value is -2.08. The fraction of sp³-hybridized carbons (Fsp3) is 0.571. The number of aromatic nitrogens is 2. The van der Waals surface area contributed by atoms with Crippen molar-refractivity contribution in [2.45, 2.75) is 57.5 Å². The number of allylic oxidation sites excluding steroid dienone is 2. The molecule has 0 aromatic carbocycles. The molecular formula is C21H28ClFN6O3S. The minimum absolute atomic E-state index is 0.0104. The second kappa shape index (κ2) is 8.94. The molecule has 3 aliphatic rings. The van der Waals surface area contributed by atoms with Crippen LogP contribution in [0.2, 0.25) is 5.02 Å². The van der Waals surface area contributed by atoms with Crippen LogP contribution < -0.4 is 5.32 Å². The smallest absolute Gasteiger partial charge is 0.223 e. The molecule has 3 heterocycles. The number of aliphatic hydroxyl groups is 1. The van der Waals surface area contributed by atoms with Gasteiger partial charge in [-0.05, 0) is 39.3 Å². The molecule has 4 rings (SSSR count). The summed E-state index contributed by atoms with van der Waals surface area (Å²) in [6.07, 6.45) is 5.33. The van der Waals surface area contributed by atoms with Gasteiger partial charge in [0, 0.05) is 24.7 Å². The van der Waals surface area contributed by atoms with E-state index in [2.05, 4.69) is 25.2 Å². The third kappa shape index (κ3) is 4.77. The molecule has 4 atom stereocenters. The number of piperidine rings is 1. The minimum atomic E-state index is -3.38. The maximum absolute atomic E-state index is 15.0. The number of fused-ring (bicyclic) bond motifs is 1. The highest BCUT2D eigenvalue weighted by atomic mass is 35.5. The van der Waals surface area contributed by atoms with E-state index in [0.717, 1.165) is 12.1 Å². The first-order chi connectivity index (χ1) is 15.5. The molecule has 1 saturated heterocycles. The summed E-state index contributed by atoms with van der Waals surface area (Å²) in [4.78, 5) is 15.2. The number of nitrogens with one attached hydrogen (secondary N) is 1. The third-order valence-electron chi connectivity index (χ3n) is 6.17. The Morgan fingerprint density at radius 3 is 2.73 bits per heavy atom. The average molecular weight is 499 g/mol. The summed E-state index contributed by atoms with van der Waals surface area (Å²) in [5.41, 5.74) is 0.909. The minimum Gasteiger partial charge on any atom is -0.390 e. The Bertz CT molecular complexity index is 1140. The van der Waals surface area contributed by atoms with Crippen molar-refractivity contribution < 1.29 is 17.9 Å². The maximum atomic E-state index is 15.0. The molecule has 33 heavy (non-hydrogen) atoms. The monoisotopic (exact) mass is 498 g/mol. The summed E-state index contributed by atoms with van der Waals surface area (Å²) in [5, 5.41) is 13.8. The Kier molecular flexibility index (Phi) is 6.51. The van der Waals surface area contributed by atoms with E-state index in [1.165, 1.54) is 16.6 Å². The van der Waals surface area contributed by atoms with E-state index in [-0.39, 0.29) is 42.0 Å². The number of sulfonamides is 1. The number of aliphatic imine (C=N–C) groups is 1. The molecule has 2 aliphatic heterocycles. The van der Waals surface area contributed by atoms with Crippen molar-refractivity contribution >= 4 is 39.0 Å². The zero-order valence-electron chi connectivity index (χ0n) is 18.9. The van der Waals surface area contributed by atoms with Crippen molar-refractivity contribution in [2.75, 3.05) is 24.7 Å². The second-order valence-corrected chi connectivity index (χ2v) is 11.3. The summed E-state index contributed by atoms with van der Waals surface area (Å²) < 4.78 is 39.7. The van der Waals surface area contributed by atoms with Crippen LogP contribution in [0, 0.1) is 0 Å². The number of hydrogen-bond acceptors (Lipinski definition) is 8. The molecule has 2 unspecified atom stereocenters. The summed E-state index contributed by atoms with van der Waals surface area (Å²) in [5.74, 6) is 0.655. The highest BCUT2D eigenvalue weighted by Gasteiger charge is 2.40. The predicted molar refractivity (Wildman–Crippen MR) is 126 cm³/mol. The Morgan fingerprint density at radius 2 is 2.09 bits per heavy atom. The zero-order valence-corrected chi connectivity index (χ0v) is 20.5. The van der Waals surface area contributed by atoms with Crippen LogP contribution in [0.4, 0.5) is 10.3 Å². The van der Waals surface area contributed by atoms with Gasteiger partial charge in [-0.1, -0.05) is 11.6 Å². The van der Waals surface area contributed by atoms with Gasteiger partial charge in [-0.15, -0.1) is 0 Å². The summed E-state index contributed by atoms with van der Waals surface area (Å²) in [7, 11) is -3.38. The van der Waals surface area contributed by atoms with Gasteiger partial charge < -0.3 is 15.3 Å². The summed E-state index contributed by atoms with van der Waals surface area (Å²) in [6.45, 7) is 6.21. The van der Waals surface area contributed by atoms with Crippen molar-refractivity contribution in [3.05, 3.63) is 34.9 Å². The van der Waals surface area contributed by atoms with Crippen LogP contribution in [-0.4, -0.2) is 88.1 Å². The molecular weight excluding hydrogens is 471 g/mol. The van der Waals surface area contributed by atoms with Crippen LogP contribution in [0.1, 0.15) is 32.9 Å². The average Bonchev–Trinajstić information content (AvgIpc) is 3.06. The molecule has 9 nitrogen and oxygen atoms in total. The topological polar surface area (TPSA) is 111 Å². The van der Waals surface area contributed by atoms with Crippen LogP contribution in [0.25, 0.3) is 5.57 Å². The van der Waals surface area contributed by atoms with Crippen molar-refractivity contribution in [2.24, 2.45) is 4.99 Å². The van der Waals surface area contributed by atoms with Crippen LogP contribution >= 0.6 is 11.6 Å². The SMILES string of the molecule is CC1=NC2C(F)=CC(c3nc(N[C@@H]4CCN(S(C)(=O)=O)C[C@H]4O)ncc3Cl)=CC2N1C(C)C. The molecule has 0 saturated carbocycles. The lowest BCUT2D eigenvalue weighted by molar-refractivity contribution is 0.0950. The van der Waals surface area contributed by atoms with Gasteiger partial charge in [0.25, 0.3) is 0 Å². The maximum Gasteiger partial charge on any atom is 0.223 e. The standard InChI is InChI=1S/C21H28ClFN6O3S/c1-11(2)29-12(3)25-20-15(23)7-13(8-17(20)29)19-14(22)9-24-21(27-19)26-16-5-6-28(10-18(16)30)33(4,31)32/h7-9,11,16-18,20,30H,5-6,10H2,1-4H3,(H,24,26,27)/t16-,17?,18-,20?/m1/s1. The van der Waals surface area contributed by atoms with Gasteiger partial charge in [0.1, 0.15) is 11.9 Å². The first kappa shape index (κ1) is 24.1. The number of halogens is 2. The number of anilines is 1. The molecule has 1 aliphatic carbocycles. The fourth-order valence-electron chi connectivity index (χ4n) is 4.62. The van der Waals surface area contributed by atoms with Crippen molar-refractivity contribution in [3.63, 3.8) is 0 Å². The lowest BCUT2D eigenvalue weighted by Crippen LogP contribution is -2.51. The Morgan fingerprint density at radius 1 is 1.36 bits per heavy atom. The number of nitrogens with zero attached hydrogens (tertiary/aromatic N) is 5. The zero-order chi connectivity index (χ0) is 24.1. The van der Waals surface area contributed by atoms with Crippen molar-refractivity contribution in [3.8, 4) is 0 Å². The Balaban J connectivity index is 1.57. The summed E-state index contributed by atoms with van der Waals surface area (Å²) >= 11 is 6.38. The number of amidine groups is 1. The van der Waals surface area contributed by atoms with Gasteiger partial charge in [0.05, 0.1) is 47.2 Å². The predicted octanol–water partition coefficient (Wildman–Crippen LogP) is 2.07. The molecule has 0 bridgehead atoms. The fourth-order valence-corrected chi connectivity index (χ4v) is 5.68. The van der Waals surface area contributed by atoms with E-state index < -0.39 is 28.2 Å². The van der Waals surface area contributed by atoms with Gasteiger partial charge in [-0.25, -0.2) is 22.8 Å².